The molecule has 1 aliphatic rings. The van der Waals surface area contributed by atoms with Crippen LogP contribution in [0.25, 0.3) is 0 Å². The van der Waals surface area contributed by atoms with Crippen molar-refractivity contribution in [3.05, 3.63) is 30.3 Å². The molecule has 2 atom stereocenters. The van der Waals surface area contributed by atoms with E-state index < -0.39 is 50.3 Å². The number of ether oxygens (including phenoxy) is 3. The molecular formula is C20H32N4O6S. The summed E-state index contributed by atoms with van der Waals surface area (Å²) in [6.45, 7) is 8.63. The van der Waals surface area contributed by atoms with E-state index in [0.717, 1.165) is 5.01 Å². The highest BCUT2D eigenvalue weighted by atomic mass is 32.2. The third-order valence-electron chi connectivity index (χ3n) is 4.28. The number of esters is 1. The van der Waals surface area contributed by atoms with Crippen molar-refractivity contribution < 1.29 is 27.4 Å². The average molecular weight is 457 g/mol. The number of carbonyl (C=O) groups excluding carboxylic acids is 1. The fourth-order valence-corrected chi connectivity index (χ4v) is 4.74. The highest BCUT2D eigenvalue weighted by Gasteiger charge is 2.40. The van der Waals surface area contributed by atoms with E-state index in [0.29, 0.717) is 5.69 Å². The van der Waals surface area contributed by atoms with E-state index in [1.807, 2.05) is 0 Å². The van der Waals surface area contributed by atoms with Crippen LogP contribution in [0.4, 0.5) is 5.69 Å². The number of para-hydroxylation sites is 1. The third kappa shape index (κ3) is 7.46. The van der Waals surface area contributed by atoms with Gasteiger partial charge in [0, 0.05) is 6.42 Å². The molecule has 1 saturated heterocycles. The summed E-state index contributed by atoms with van der Waals surface area (Å²) in [4.78, 5) is 12.2. The highest BCUT2D eigenvalue weighted by Crippen LogP contribution is 2.30. The Kier molecular flexibility index (Phi) is 7.69. The first kappa shape index (κ1) is 25.1. The molecule has 0 amide bonds. The summed E-state index contributed by atoms with van der Waals surface area (Å²) in [5, 5.41) is 3.84. The van der Waals surface area contributed by atoms with Gasteiger partial charge in [0.25, 0.3) is 5.17 Å². The molecule has 0 saturated carbocycles. The van der Waals surface area contributed by atoms with Gasteiger partial charge in [-0.1, -0.05) is 18.2 Å². The number of nitrogens with two attached hydrogens (primary N) is 2. The number of amidine groups is 1. The molecule has 0 unspecified atom stereocenters. The van der Waals surface area contributed by atoms with Crippen LogP contribution in [-0.4, -0.2) is 48.9 Å². The monoisotopic (exact) mass is 456 g/mol. The number of carbonyl (C=O) groups is 1. The Hall–Kier alpha value is -2.21. The lowest BCUT2D eigenvalue weighted by Gasteiger charge is -2.40. The predicted octanol–water partition coefficient (Wildman–Crippen LogP) is 1.65. The SMILES string of the molecule is CC(C)(C)OC(=O)C[C@H]1C[C@@H](CS(=O)(=O)/C(=N/N)N(N)c2ccccc2)OC(C)(C)O1. The number of anilines is 1. The summed E-state index contributed by atoms with van der Waals surface area (Å²) >= 11 is 0. The minimum absolute atomic E-state index is 0.0223. The topological polar surface area (TPSA) is 147 Å². The van der Waals surface area contributed by atoms with Crippen molar-refractivity contribution in [2.45, 2.75) is 71.1 Å². The number of nitrogens with zero attached hydrogens (tertiary/aromatic N) is 2. The van der Waals surface area contributed by atoms with Crippen LogP contribution in [0.5, 0.6) is 0 Å². The molecule has 0 aliphatic carbocycles. The van der Waals surface area contributed by atoms with E-state index in [2.05, 4.69) is 5.10 Å². The Bertz CT molecular complexity index is 896. The smallest absolute Gasteiger partial charge is 0.308 e. The van der Waals surface area contributed by atoms with E-state index in [1.165, 1.54) is 0 Å². The van der Waals surface area contributed by atoms with Crippen LogP contribution in [0, 0.1) is 0 Å². The normalized spacial score (nSPS) is 22.1. The zero-order valence-electron chi connectivity index (χ0n) is 18.6. The lowest BCUT2D eigenvalue weighted by Crippen LogP contribution is -2.50. The van der Waals surface area contributed by atoms with E-state index in [9.17, 15) is 13.2 Å². The number of hydrazine groups is 1. The molecule has 1 heterocycles. The predicted molar refractivity (Wildman–Crippen MR) is 117 cm³/mol. The fraction of sp³-hybridized carbons (Fsp3) is 0.600. The average Bonchev–Trinajstić information content (AvgIpc) is 2.58. The summed E-state index contributed by atoms with van der Waals surface area (Å²) < 4.78 is 43.0. The molecule has 4 N–H and O–H groups in total. The number of hydrogen-bond donors (Lipinski definition) is 2. The zero-order chi connectivity index (χ0) is 23.4. The Balaban J connectivity index is 2.14. The van der Waals surface area contributed by atoms with Crippen LogP contribution >= 0.6 is 0 Å². The number of sulfone groups is 1. The Labute approximate surface area is 183 Å². The van der Waals surface area contributed by atoms with E-state index in [-0.39, 0.29) is 12.8 Å². The standard InChI is InChI=1S/C20H32N4O6S/c1-19(2,3)30-17(25)12-15-11-16(29-20(4,5)28-15)13-31(26,27)18(23-21)24(22)14-9-7-6-8-10-14/h6-10,15-16H,11-13,21-22H2,1-5H3/b23-18+/t15-,16+/m1/s1. The van der Waals surface area contributed by atoms with Gasteiger partial charge in [-0.15, -0.1) is 0 Å². The van der Waals surface area contributed by atoms with Gasteiger partial charge in [0.15, 0.2) is 5.79 Å². The molecule has 1 fully saturated rings. The Morgan fingerprint density at radius 2 is 1.81 bits per heavy atom. The van der Waals surface area contributed by atoms with Crippen LogP contribution in [0.2, 0.25) is 0 Å². The molecule has 10 nitrogen and oxygen atoms in total. The number of benzene rings is 1. The second kappa shape index (κ2) is 9.51. The molecule has 0 aromatic heterocycles. The molecule has 1 aromatic rings. The first-order chi connectivity index (χ1) is 14.2. The van der Waals surface area contributed by atoms with Gasteiger partial charge in [-0.05, 0) is 46.8 Å². The van der Waals surface area contributed by atoms with E-state index in [4.69, 9.17) is 25.9 Å². The van der Waals surface area contributed by atoms with Crippen LogP contribution in [0.15, 0.2) is 35.4 Å². The number of hydrazone groups is 1. The summed E-state index contributed by atoms with van der Waals surface area (Å²) in [5.74, 6) is 9.38. The maximum atomic E-state index is 13.0. The van der Waals surface area contributed by atoms with Crippen molar-refractivity contribution in [1.82, 2.24) is 0 Å². The van der Waals surface area contributed by atoms with Gasteiger partial charge < -0.3 is 20.1 Å². The summed E-state index contributed by atoms with van der Waals surface area (Å²) in [7, 11) is -4.02. The third-order valence-corrected chi connectivity index (χ3v) is 5.94. The molecule has 0 spiro atoms. The van der Waals surface area contributed by atoms with Gasteiger partial charge in [0.1, 0.15) is 5.60 Å². The van der Waals surface area contributed by atoms with Gasteiger partial charge >= 0.3 is 5.97 Å². The summed E-state index contributed by atoms with van der Waals surface area (Å²) in [5.41, 5.74) is -0.221. The summed E-state index contributed by atoms with van der Waals surface area (Å²) in [6.07, 6.45) is -1.18. The minimum Gasteiger partial charge on any atom is -0.460 e. The second-order valence-corrected chi connectivity index (χ2v) is 10.7. The van der Waals surface area contributed by atoms with Gasteiger partial charge in [0.2, 0.25) is 9.84 Å². The first-order valence-electron chi connectivity index (χ1n) is 9.90. The van der Waals surface area contributed by atoms with Crippen LogP contribution in [-0.2, 0) is 28.8 Å². The largest absolute Gasteiger partial charge is 0.460 e. The minimum atomic E-state index is -4.02. The van der Waals surface area contributed by atoms with Crippen molar-refractivity contribution in [2.75, 3.05) is 10.8 Å². The second-order valence-electron chi connectivity index (χ2n) is 8.80. The molecule has 11 heteroatoms. The van der Waals surface area contributed by atoms with Gasteiger partial charge in [-0.2, -0.15) is 5.10 Å². The van der Waals surface area contributed by atoms with Crippen molar-refractivity contribution in [1.29, 1.82) is 0 Å². The zero-order valence-corrected chi connectivity index (χ0v) is 19.4. The molecular weight excluding hydrogens is 424 g/mol. The first-order valence-corrected chi connectivity index (χ1v) is 11.6. The Morgan fingerprint density at radius 1 is 1.23 bits per heavy atom. The maximum Gasteiger partial charge on any atom is 0.308 e. The lowest BCUT2D eigenvalue weighted by molar-refractivity contribution is -0.295. The van der Waals surface area contributed by atoms with Crippen molar-refractivity contribution in [3.63, 3.8) is 0 Å². The molecule has 0 bridgehead atoms. The number of hydrogen-bond acceptors (Lipinski definition) is 9. The van der Waals surface area contributed by atoms with Crippen molar-refractivity contribution >= 4 is 26.7 Å². The lowest BCUT2D eigenvalue weighted by atomic mass is 10.1. The molecule has 2 rings (SSSR count). The molecule has 31 heavy (non-hydrogen) atoms. The van der Waals surface area contributed by atoms with Crippen LogP contribution < -0.4 is 16.7 Å². The highest BCUT2D eigenvalue weighted by molar-refractivity contribution is 8.06. The van der Waals surface area contributed by atoms with Crippen LogP contribution in [0.3, 0.4) is 0 Å². The van der Waals surface area contributed by atoms with Crippen molar-refractivity contribution in [3.8, 4) is 0 Å². The Morgan fingerprint density at radius 3 is 2.35 bits per heavy atom. The molecule has 174 valence electrons. The van der Waals surface area contributed by atoms with Gasteiger partial charge in [0.05, 0.1) is 30.1 Å². The van der Waals surface area contributed by atoms with E-state index >= 15 is 0 Å². The van der Waals surface area contributed by atoms with Gasteiger partial charge in [-0.3, -0.25) is 9.80 Å². The summed E-state index contributed by atoms with van der Waals surface area (Å²) in [6, 6.07) is 8.45. The number of rotatable bonds is 5. The fourth-order valence-electron chi connectivity index (χ4n) is 3.33. The van der Waals surface area contributed by atoms with Crippen LogP contribution in [0.1, 0.15) is 47.5 Å². The van der Waals surface area contributed by atoms with Crippen molar-refractivity contribution in [2.24, 2.45) is 16.8 Å². The molecule has 0 radical (unpaired) electrons. The molecule has 1 aliphatic heterocycles. The quantitative estimate of drug-likeness (QED) is 0.222. The maximum absolute atomic E-state index is 13.0. The van der Waals surface area contributed by atoms with E-state index in [1.54, 1.807) is 65.0 Å². The van der Waals surface area contributed by atoms with Gasteiger partial charge in [-0.25, -0.2) is 14.3 Å². The molecule has 1 aromatic carbocycles.